The molecular weight excluding hydrogens is 403 g/mol. The number of amides is 1. The van der Waals surface area contributed by atoms with Gasteiger partial charge in [0.2, 0.25) is 15.9 Å². The van der Waals surface area contributed by atoms with Crippen molar-refractivity contribution in [1.82, 2.24) is 9.62 Å². The molecule has 1 heterocycles. The van der Waals surface area contributed by atoms with Crippen LogP contribution in [0, 0.1) is 5.82 Å². The van der Waals surface area contributed by atoms with Crippen molar-refractivity contribution < 1.29 is 17.6 Å². The molecule has 0 spiro atoms. The molecule has 1 aliphatic rings. The van der Waals surface area contributed by atoms with Crippen LogP contribution in [0.25, 0.3) is 0 Å². The lowest BCUT2D eigenvalue weighted by molar-refractivity contribution is -0.132. The summed E-state index contributed by atoms with van der Waals surface area (Å²) in [5.41, 5.74) is 0.987. The number of nitrogens with one attached hydrogen (secondary N) is 1. The lowest BCUT2D eigenvalue weighted by Gasteiger charge is -2.33. The fraction of sp³-hybridized carbons (Fsp3) is 0.350. The topological polar surface area (TPSA) is 66.5 Å². The van der Waals surface area contributed by atoms with Crippen LogP contribution in [-0.2, 0) is 21.2 Å². The van der Waals surface area contributed by atoms with E-state index in [0.717, 1.165) is 11.6 Å². The molecule has 8 heteroatoms. The molecule has 1 aliphatic heterocycles. The van der Waals surface area contributed by atoms with Gasteiger partial charge in [-0.3, -0.25) is 4.79 Å². The van der Waals surface area contributed by atoms with Gasteiger partial charge in [-0.2, -0.15) is 0 Å². The standard InChI is InChI=1S/C20H22ClFN2O3S/c21-16-5-1-4-15(12-16)9-10-20(25)24-11-3-7-18(14-24)23-28(26,27)19-8-2-6-17(22)13-19/h1-2,4-6,8,12-13,18,23H,3,7,9-11,14H2. The molecule has 2 aromatic rings. The van der Waals surface area contributed by atoms with Crippen LogP contribution in [0.4, 0.5) is 4.39 Å². The SMILES string of the molecule is O=C(CCc1cccc(Cl)c1)N1CCCC(NS(=O)(=O)c2cccc(F)c2)C1. The van der Waals surface area contributed by atoms with Gasteiger partial charge in [-0.1, -0.05) is 29.8 Å². The molecule has 1 N–H and O–H groups in total. The number of hydrogen-bond acceptors (Lipinski definition) is 3. The maximum Gasteiger partial charge on any atom is 0.240 e. The van der Waals surface area contributed by atoms with Crippen LogP contribution in [0.3, 0.4) is 0 Å². The third-order valence-electron chi connectivity index (χ3n) is 4.72. The number of hydrogen-bond donors (Lipinski definition) is 1. The zero-order valence-electron chi connectivity index (χ0n) is 15.3. The highest BCUT2D eigenvalue weighted by molar-refractivity contribution is 7.89. The smallest absolute Gasteiger partial charge is 0.240 e. The first-order chi connectivity index (χ1) is 13.3. The zero-order chi connectivity index (χ0) is 20.1. The second-order valence-corrected chi connectivity index (χ2v) is 9.04. The Balaban J connectivity index is 1.58. The largest absolute Gasteiger partial charge is 0.341 e. The van der Waals surface area contributed by atoms with Gasteiger partial charge in [0.25, 0.3) is 0 Å². The molecule has 1 amide bonds. The number of rotatable bonds is 6. The van der Waals surface area contributed by atoms with E-state index in [0.29, 0.717) is 43.8 Å². The molecule has 150 valence electrons. The van der Waals surface area contributed by atoms with Crippen molar-refractivity contribution in [2.24, 2.45) is 0 Å². The van der Waals surface area contributed by atoms with Gasteiger partial charge in [-0.15, -0.1) is 0 Å². The number of likely N-dealkylation sites (tertiary alicyclic amines) is 1. The molecule has 1 fully saturated rings. The molecule has 2 aromatic carbocycles. The molecule has 28 heavy (non-hydrogen) atoms. The maximum absolute atomic E-state index is 13.3. The van der Waals surface area contributed by atoms with Crippen LogP contribution >= 0.6 is 11.6 Å². The molecule has 0 aromatic heterocycles. The van der Waals surface area contributed by atoms with Crippen LogP contribution in [0.5, 0.6) is 0 Å². The molecule has 3 rings (SSSR count). The Morgan fingerprint density at radius 1 is 1.21 bits per heavy atom. The molecule has 1 unspecified atom stereocenters. The lowest BCUT2D eigenvalue weighted by atomic mass is 10.0. The summed E-state index contributed by atoms with van der Waals surface area (Å²) in [7, 11) is -3.83. The molecule has 1 saturated heterocycles. The van der Waals surface area contributed by atoms with Crippen LogP contribution < -0.4 is 4.72 Å². The average molecular weight is 425 g/mol. The molecule has 1 atom stereocenters. The zero-order valence-corrected chi connectivity index (χ0v) is 16.8. The van der Waals surface area contributed by atoms with Crippen molar-refractivity contribution in [2.45, 2.75) is 36.6 Å². The van der Waals surface area contributed by atoms with Crippen molar-refractivity contribution in [2.75, 3.05) is 13.1 Å². The summed E-state index contributed by atoms with van der Waals surface area (Å²) in [4.78, 5) is 14.1. The fourth-order valence-electron chi connectivity index (χ4n) is 3.32. The summed E-state index contributed by atoms with van der Waals surface area (Å²) >= 11 is 5.97. The third kappa shape index (κ3) is 5.53. The highest BCUT2D eigenvalue weighted by Gasteiger charge is 2.27. The van der Waals surface area contributed by atoms with Crippen molar-refractivity contribution in [1.29, 1.82) is 0 Å². The number of carbonyl (C=O) groups is 1. The summed E-state index contributed by atoms with van der Waals surface area (Å²) in [6.07, 6.45) is 2.26. The van der Waals surface area contributed by atoms with E-state index in [2.05, 4.69) is 4.72 Å². The Kier molecular flexibility index (Phi) is 6.69. The number of halogens is 2. The number of nitrogens with zero attached hydrogens (tertiary/aromatic N) is 1. The Labute approximate surface area is 169 Å². The lowest BCUT2D eigenvalue weighted by Crippen LogP contribution is -2.49. The monoisotopic (exact) mass is 424 g/mol. The van der Waals surface area contributed by atoms with Crippen LogP contribution in [0.2, 0.25) is 5.02 Å². The van der Waals surface area contributed by atoms with Crippen molar-refractivity contribution in [3.8, 4) is 0 Å². The summed E-state index contributed by atoms with van der Waals surface area (Å²) in [5.74, 6) is -0.626. The summed E-state index contributed by atoms with van der Waals surface area (Å²) in [6, 6.07) is 11.9. The molecule has 0 bridgehead atoms. The predicted molar refractivity (Wildman–Crippen MR) is 106 cm³/mol. The van der Waals surface area contributed by atoms with Gasteiger partial charge in [0, 0.05) is 30.6 Å². The second-order valence-electron chi connectivity index (χ2n) is 6.89. The highest BCUT2D eigenvalue weighted by atomic mass is 35.5. The summed E-state index contributed by atoms with van der Waals surface area (Å²) < 4.78 is 40.9. The Morgan fingerprint density at radius 3 is 2.75 bits per heavy atom. The predicted octanol–water partition coefficient (Wildman–Crippen LogP) is 3.38. The van der Waals surface area contributed by atoms with Gasteiger partial charge in [-0.05, 0) is 55.2 Å². The Morgan fingerprint density at radius 2 is 2.00 bits per heavy atom. The molecule has 0 saturated carbocycles. The minimum absolute atomic E-state index is 0.0189. The van der Waals surface area contributed by atoms with E-state index in [-0.39, 0.29) is 10.8 Å². The molecule has 5 nitrogen and oxygen atoms in total. The fourth-order valence-corrected chi connectivity index (χ4v) is 4.83. The van der Waals surface area contributed by atoms with Gasteiger partial charge in [-0.25, -0.2) is 17.5 Å². The van der Waals surface area contributed by atoms with E-state index < -0.39 is 21.9 Å². The molecular formula is C20H22ClFN2O3S. The van der Waals surface area contributed by atoms with Crippen molar-refractivity contribution >= 4 is 27.5 Å². The first-order valence-corrected chi connectivity index (χ1v) is 11.0. The van der Waals surface area contributed by atoms with E-state index in [1.54, 1.807) is 11.0 Å². The van der Waals surface area contributed by atoms with Crippen LogP contribution in [-0.4, -0.2) is 38.4 Å². The number of carbonyl (C=O) groups excluding carboxylic acids is 1. The Hall–Kier alpha value is -1.96. The van der Waals surface area contributed by atoms with Gasteiger partial charge in [0.05, 0.1) is 4.90 Å². The first-order valence-electron chi connectivity index (χ1n) is 9.13. The Bertz CT molecular complexity index is 952. The maximum atomic E-state index is 13.3. The number of benzene rings is 2. The van der Waals surface area contributed by atoms with Gasteiger partial charge < -0.3 is 4.90 Å². The van der Waals surface area contributed by atoms with Crippen molar-refractivity contribution in [3.05, 3.63) is 64.9 Å². The minimum atomic E-state index is -3.83. The van der Waals surface area contributed by atoms with Gasteiger partial charge >= 0.3 is 0 Å². The summed E-state index contributed by atoms with van der Waals surface area (Å²) in [6.45, 7) is 0.912. The van der Waals surface area contributed by atoms with E-state index in [4.69, 9.17) is 11.6 Å². The van der Waals surface area contributed by atoms with Crippen LogP contribution in [0.1, 0.15) is 24.8 Å². The van der Waals surface area contributed by atoms with E-state index in [1.165, 1.54) is 18.2 Å². The second kappa shape index (κ2) is 9.03. The number of sulfonamides is 1. The van der Waals surface area contributed by atoms with E-state index in [1.807, 2.05) is 18.2 Å². The van der Waals surface area contributed by atoms with Crippen molar-refractivity contribution in [3.63, 3.8) is 0 Å². The summed E-state index contributed by atoms with van der Waals surface area (Å²) in [5, 5.41) is 0.634. The quantitative estimate of drug-likeness (QED) is 0.773. The minimum Gasteiger partial charge on any atom is -0.341 e. The normalized spacial score (nSPS) is 17.5. The average Bonchev–Trinajstić information content (AvgIpc) is 2.66. The van der Waals surface area contributed by atoms with E-state index in [9.17, 15) is 17.6 Å². The number of piperidine rings is 1. The molecule has 0 radical (unpaired) electrons. The van der Waals surface area contributed by atoms with Crippen LogP contribution in [0.15, 0.2) is 53.4 Å². The highest BCUT2D eigenvalue weighted by Crippen LogP contribution is 2.17. The van der Waals surface area contributed by atoms with Gasteiger partial charge in [0.15, 0.2) is 0 Å². The third-order valence-corrected chi connectivity index (χ3v) is 6.47. The molecule has 0 aliphatic carbocycles. The van der Waals surface area contributed by atoms with Gasteiger partial charge in [0.1, 0.15) is 5.82 Å². The van der Waals surface area contributed by atoms with E-state index >= 15 is 0 Å². The first kappa shape index (κ1) is 20.8. The number of aryl methyl sites for hydroxylation is 1.